The minimum atomic E-state index is -0.158. The number of fused-ring (bicyclic) bond motifs is 1. The molecule has 17 heavy (non-hydrogen) atoms. The van der Waals surface area contributed by atoms with Crippen molar-refractivity contribution in [2.45, 2.75) is 31.8 Å². The smallest absolute Gasteiger partial charge is 0.236 e. The van der Waals surface area contributed by atoms with Gasteiger partial charge in [-0.3, -0.25) is 4.79 Å². The minimum Gasteiger partial charge on any atom is -0.358 e. The topological polar surface area (TPSA) is 41.1 Å². The van der Waals surface area contributed by atoms with Crippen LogP contribution in [0, 0.1) is 0 Å². The quantitative estimate of drug-likeness (QED) is 0.857. The highest BCUT2D eigenvalue weighted by atomic mass is 35.5. The Morgan fingerprint density at radius 1 is 1.41 bits per heavy atom. The van der Waals surface area contributed by atoms with E-state index in [0.29, 0.717) is 6.04 Å². The van der Waals surface area contributed by atoms with Crippen molar-refractivity contribution in [2.24, 2.45) is 0 Å². The Balaban J connectivity index is 1.98. The molecule has 3 nitrogen and oxygen atoms in total. The first-order chi connectivity index (χ1) is 8.10. The van der Waals surface area contributed by atoms with Gasteiger partial charge in [0.2, 0.25) is 5.91 Å². The average molecular weight is 253 g/mol. The number of benzene rings is 1. The number of amides is 1. The molecule has 1 aromatic carbocycles. The van der Waals surface area contributed by atoms with E-state index in [9.17, 15) is 4.79 Å². The summed E-state index contributed by atoms with van der Waals surface area (Å²) >= 11 is 5.97. The van der Waals surface area contributed by atoms with Gasteiger partial charge >= 0.3 is 0 Å². The summed E-state index contributed by atoms with van der Waals surface area (Å²) in [5.41, 5.74) is 2.62. The maximum atomic E-state index is 11.4. The average Bonchev–Trinajstić information content (AvgIpc) is 2.69. The Kier molecular flexibility index (Phi) is 3.69. The third-order valence-electron chi connectivity index (χ3n) is 3.23. The van der Waals surface area contributed by atoms with Crippen molar-refractivity contribution in [2.75, 3.05) is 7.05 Å². The Morgan fingerprint density at radius 3 is 2.82 bits per heavy atom. The second kappa shape index (κ2) is 5.07. The van der Waals surface area contributed by atoms with Crippen LogP contribution in [0.3, 0.4) is 0 Å². The number of carbonyl (C=O) groups excluding carboxylic acids is 1. The van der Waals surface area contributed by atoms with E-state index in [1.54, 1.807) is 7.05 Å². The standard InChI is InChI=1S/C13H17ClN2O/c1-8(13(17)15-2)16-12-6-9-3-4-11(14)5-10(9)7-12/h3-5,8,12,16H,6-7H2,1-2H3,(H,15,17). The Labute approximate surface area is 107 Å². The third kappa shape index (κ3) is 2.79. The second-order valence-corrected chi connectivity index (χ2v) is 4.96. The molecule has 1 aliphatic rings. The number of hydrogen-bond acceptors (Lipinski definition) is 2. The van der Waals surface area contributed by atoms with Gasteiger partial charge in [0.05, 0.1) is 6.04 Å². The van der Waals surface area contributed by atoms with Gasteiger partial charge in [-0.25, -0.2) is 0 Å². The fourth-order valence-corrected chi connectivity index (χ4v) is 2.55. The molecule has 2 N–H and O–H groups in total. The molecule has 1 aliphatic carbocycles. The number of nitrogens with one attached hydrogen (secondary N) is 2. The number of likely N-dealkylation sites (N-methyl/N-ethyl adjacent to an activating group) is 1. The highest BCUT2D eigenvalue weighted by Crippen LogP contribution is 2.25. The largest absolute Gasteiger partial charge is 0.358 e. The van der Waals surface area contributed by atoms with Gasteiger partial charge in [-0.15, -0.1) is 0 Å². The minimum absolute atomic E-state index is 0.0268. The zero-order chi connectivity index (χ0) is 12.4. The Morgan fingerprint density at radius 2 is 2.12 bits per heavy atom. The van der Waals surface area contributed by atoms with Gasteiger partial charge in [-0.2, -0.15) is 0 Å². The van der Waals surface area contributed by atoms with Crippen LogP contribution in [-0.4, -0.2) is 25.0 Å². The Bertz CT molecular complexity index is 433. The van der Waals surface area contributed by atoms with Crippen LogP contribution in [0.1, 0.15) is 18.1 Å². The van der Waals surface area contributed by atoms with Crippen molar-refractivity contribution in [3.63, 3.8) is 0 Å². The van der Waals surface area contributed by atoms with Gasteiger partial charge in [0.15, 0.2) is 0 Å². The first-order valence-electron chi connectivity index (χ1n) is 5.85. The molecule has 0 radical (unpaired) electrons. The van der Waals surface area contributed by atoms with Gasteiger partial charge in [0, 0.05) is 18.1 Å². The zero-order valence-electron chi connectivity index (χ0n) is 10.1. The van der Waals surface area contributed by atoms with Gasteiger partial charge < -0.3 is 10.6 Å². The van der Waals surface area contributed by atoms with Gasteiger partial charge in [0.1, 0.15) is 0 Å². The molecular formula is C13H17ClN2O. The normalized spacial score (nSPS) is 19.8. The molecule has 92 valence electrons. The van der Waals surface area contributed by atoms with E-state index in [1.807, 2.05) is 19.1 Å². The number of rotatable bonds is 3. The molecule has 0 bridgehead atoms. The monoisotopic (exact) mass is 252 g/mol. The number of halogens is 1. The molecule has 1 aromatic rings. The van der Waals surface area contributed by atoms with Gasteiger partial charge in [-0.05, 0) is 43.0 Å². The predicted molar refractivity (Wildman–Crippen MR) is 69.3 cm³/mol. The lowest BCUT2D eigenvalue weighted by Gasteiger charge is -2.17. The first kappa shape index (κ1) is 12.4. The van der Waals surface area contributed by atoms with Crippen LogP contribution in [0.2, 0.25) is 5.02 Å². The van der Waals surface area contributed by atoms with Gasteiger partial charge in [-0.1, -0.05) is 17.7 Å². The van der Waals surface area contributed by atoms with Crippen molar-refractivity contribution in [3.8, 4) is 0 Å². The summed E-state index contributed by atoms with van der Waals surface area (Å²) in [5, 5.41) is 6.77. The van der Waals surface area contributed by atoms with Crippen LogP contribution in [0.5, 0.6) is 0 Å². The molecular weight excluding hydrogens is 236 g/mol. The van der Waals surface area contributed by atoms with Crippen LogP contribution in [0.15, 0.2) is 18.2 Å². The summed E-state index contributed by atoms with van der Waals surface area (Å²) in [5.74, 6) is 0.0268. The van der Waals surface area contributed by atoms with E-state index >= 15 is 0 Å². The molecule has 2 atom stereocenters. The van der Waals surface area contributed by atoms with E-state index in [4.69, 9.17) is 11.6 Å². The second-order valence-electron chi connectivity index (χ2n) is 4.52. The van der Waals surface area contributed by atoms with Crippen molar-refractivity contribution < 1.29 is 4.79 Å². The highest BCUT2D eigenvalue weighted by Gasteiger charge is 2.24. The van der Waals surface area contributed by atoms with Crippen molar-refractivity contribution in [1.29, 1.82) is 0 Å². The van der Waals surface area contributed by atoms with E-state index in [1.165, 1.54) is 11.1 Å². The van der Waals surface area contributed by atoms with Crippen LogP contribution >= 0.6 is 11.6 Å². The summed E-state index contributed by atoms with van der Waals surface area (Å²) < 4.78 is 0. The van der Waals surface area contributed by atoms with Crippen LogP contribution in [0.25, 0.3) is 0 Å². The summed E-state index contributed by atoms with van der Waals surface area (Å²) in [4.78, 5) is 11.4. The zero-order valence-corrected chi connectivity index (χ0v) is 10.8. The lowest BCUT2D eigenvalue weighted by atomic mass is 10.1. The van der Waals surface area contributed by atoms with E-state index in [-0.39, 0.29) is 11.9 Å². The van der Waals surface area contributed by atoms with Crippen molar-refractivity contribution in [1.82, 2.24) is 10.6 Å². The maximum Gasteiger partial charge on any atom is 0.236 e. The molecule has 0 saturated carbocycles. The molecule has 4 heteroatoms. The molecule has 2 rings (SSSR count). The maximum absolute atomic E-state index is 11.4. The first-order valence-corrected chi connectivity index (χ1v) is 6.23. The SMILES string of the molecule is CNC(=O)C(C)NC1Cc2ccc(Cl)cc2C1. The molecule has 0 heterocycles. The molecule has 1 amide bonds. The molecule has 0 aliphatic heterocycles. The summed E-state index contributed by atoms with van der Waals surface area (Å²) in [6.45, 7) is 1.88. The van der Waals surface area contributed by atoms with E-state index < -0.39 is 0 Å². The third-order valence-corrected chi connectivity index (χ3v) is 3.46. The molecule has 0 aromatic heterocycles. The van der Waals surface area contributed by atoms with Crippen LogP contribution < -0.4 is 10.6 Å². The van der Waals surface area contributed by atoms with Gasteiger partial charge in [0.25, 0.3) is 0 Å². The molecule has 0 fully saturated rings. The van der Waals surface area contributed by atoms with E-state index in [2.05, 4.69) is 16.7 Å². The number of hydrogen-bond donors (Lipinski definition) is 2. The number of carbonyl (C=O) groups is 1. The lowest BCUT2D eigenvalue weighted by Crippen LogP contribution is -2.45. The Hall–Kier alpha value is -1.06. The fourth-order valence-electron chi connectivity index (χ4n) is 2.35. The summed E-state index contributed by atoms with van der Waals surface area (Å²) in [6, 6.07) is 6.18. The predicted octanol–water partition coefficient (Wildman–Crippen LogP) is 1.53. The molecule has 2 unspecified atom stereocenters. The van der Waals surface area contributed by atoms with Crippen molar-refractivity contribution >= 4 is 17.5 Å². The van der Waals surface area contributed by atoms with Crippen molar-refractivity contribution in [3.05, 3.63) is 34.3 Å². The lowest BCUT2D eigenvalue weighted by molar-refractivity contribution is -0.122. The fraction of sp³-hybridized carbons (Fsp3) is 0.462. The van der Waals surface area contributed by atoms with Crippen LogP contribution in [0.4, 0.5) is 0 Å². The van der Waals surface area contributed by atoms with E-state index in [0.717, 1.165) is 17.9 Å². The van der Waals surface area contributed by atoms with Crippen LogP contribution in [-0.2, 0) is 17.6 Å². The molecule has 0 saturated heterocycles. The summed E-state index contributed by atoms with van der Waals surface area (Å²) in [6.07, 6.45) is 1.91. The molecule has 0 spiro atoms. The highest BCUT2D eigenvalue weighted by molar-refractivity contribution is 6.30. The summed E-state index contributed by atoms with van der Waals surface area (Å²) in [7, 11) is 1.66.